The lowest BCUT2D eigenvalue weighted by atomic mass is 9.80. The molecule has 2 saturated heterocycles. The van der Waals surface area contributed by atoms with E-state index in [1.165, 1.54) is 0 Å². The minimum atomic E-state index is -1.49. The van der Waals surface area contributed by atoms with Gasteiger partial charge in [-0.3, -0.25) is 0 Å². The minimum Gasteiger partial charge on any atom is -0.394 e. The summed E-state index contributed by atoms with van der Waals surface area (Å²) in [5.74, 6) is 0.394. The van der Waals surface area contributed by atoms with E-state index >= 15 is 0 Å². The summed E-state index contributed by atoms with van der Waals surface area (Å²) in [6.07, 6.45) is -9.94. The standard InChI is InChI=1S/C26H53N7O10/c27-5-12(35)8-33-14-3-13(30)23(22(39)24(14)43-26-21(38)19(31)20(37)18(9-34)41-26)42-25-15(4-16(36)17(6-28)40-25)32-7-10-1-11(29)2-10/h10-26,32-39H,1-9,27-31H2/t10?,11?,12?,13-,14+,15+,16-,17+,18+,19-,20+,21+,22-,23?,24-,25+,26+/m0/s1. The van der Waals surface area contributed by atoms with Crippen LogP contribution in [0.3, 0.4) is 0 Å². The van der Waals surface area contributed by atoms with E-state index in [9.17, 15) is 30.6 Å². The first kappa shape index (κ1) is 35.2. The Morgan fingerprint density at radius 2 is 1.47 bits per heavy atom. The topological polar surface area (TPSA) is 312 Å². The fraction of sp³-hybridized carbons (Fsp3) is 1.00. The monoisotopic (exact) mass is 623 g/mol. The van der Waals surface area contributed by atoms with Crippen LogP contribution in [-0.4, -0.2) is 161 Å². The summed E-state index contributed by atoms with van der Waals surface area (Å²) in [7, 11) is 0. The number of hydrogen-bond acceptors (Lipinski definition) is 17. The molecule has 0 radical (unpaired) electrons. The van der Waals surface area contributed by atoms with Crippen molar-refractivity contribution in [3.8, 4) is 0 Å². The Balaban J connectivity index is 1.51. The molecular formula is C26H53N7O10. The summed E-state index contributed by atoms with van der Waals surface area (Å²) in [6, 6.07) is -2.82. The smallest absolute Gasteiger partial charge is 0.186 e. The fourth-order valence-corrected chi connectivity index (χ4v) is 6.38. The van der Waals surface area contributed by atoms with Gasteiger partial charge in [-0.05, 0) is 38.1 Å². The van der Waals surface area contributed by atoms with Crippen molar-refractivity contribution in [3.05, 3.63) is 0 Å². The second kappa shape index (κ2) is 15.7. The second-order valence-electron chi connectivity index (χ2n) is 12.5. The SMILES string of the molecule is NCC(O)CN[C@@H]1C[C@H](N)C(O[C@H]2O[C@H](CN)[C@@H](O)C[C@H]2NCC2CC(N)C2)[C@H](O)[C@H]1O[C@H]1O[C@H](CO)[C@@H](O)[C@H](N)[C@H]1O. The molecule has 4 rings (SSSR count). The van der Waals surface area contributed by atoms with E-state index in [-0.39, 0.29) is 32.1 Å². The molecule has 17 nitrogen and oxygen atoms in total. The third-order valence-corrected chi connectivity index (χ3v) is 9.16. The number of aliphatic hydroxyl groups excluding tert-OH is 6. The number of nitrogens with two attached hydrogens (primary N) is 5. The highest BCUT2D eigenvalue weighted by Crippen LogP contribution is 2.32. The molecule has 17 heteroatoms. The van der Waals surface area contributed by atoms with Gasteiger partial charge in [0.2, 0.25) is 0 Å². The van der Waals surface area contributed by atoms with Gasteiger partial charge in [-0.2, -0.15) is 0 Å². The van der Waals surface area contributed by atoms with Crippen LogP contribution in [0.25, 0.3) is 0 Å². The van der Waals surface area contributed by atoms with Crippen LogP contribution in [-0.2, 0) is 18.9 Å². The third kappa shape index (κ3) is 8.38. The fourth-order valence-electron chi connectivity index (χ4n) is 6.38. The van der Waals surface area contributed by atoms with Gasteiger partial charge in [0.1, 0.15) is 36.6 Å². The molecule has 2 unspecified atom stereocenters. The number of ether oxygens (including phenoxy) is 4. The van der Waals surface area contributed by atoms with Crippen molar-refractivity contribution in [2.75, 3.05) is 32.8 Å². The summed E-state index contributed by atoms with van der Waals surface area (Å²) in [6.45, 7) is 0.188. The molecule has 2 aliphatic heterocycles. The van der Waals surface area contributed by atoms with E-state index in [2.05, 4.69) is 10.6 Å². The molecule has 18 N–H and O–H groups in total. The molecule has 4 fully saturated rings. The Morgan fingerprint density at radius 3 is 2.09 bits per heavy atom. The Morgan fingerprint density at radius 1 is 0.791 bits per heavy atom. The van der Waals surface area contributed by atoms with E-state index in [0.717, 1.165) is 12.8 Å². The molecule has 252 valence electrons. The molecule has 2 heterocycles. The van der Waals surface area contributed by atoms with Crippen molar-refractivity contribution in [1.82, 2.24) is 10.6 Å². The summed E-state index contributed by atoms with van der Waals surface area (Å²) in [5.41, 5.74) is 29.8. The normalized spacial score (nSPS) is 48.1. The van der Waals surface area contributed by atoms with Crippen LogP contribution in [0.15, 0.2) is 0 Å². The largest absolute Gasteiger partial charge is 0.394 e. The van der Waals surface area contributed by atoms with Crippen molar-refractivity contribution in [2.45, 2.75) is 123 Å². The quantitative estimate of drug-likeness (QED) is 0.0906. The molecule has 0 aromatic heterocycles. The van der Waals surface area contributed by atoms with Gasteiger partial charge in [0.05, 0.1) is 37.0 Å². The van der Waals surface area contributed by atoms with Crippen molar-refractivity contribution < 1.29 is 49.6 Å². The molecule has 0 aromatic carbocycles. The maximum atomic E-state index is 11.6. The molecule has 0 amide bonds. The van der Waals surface area contributed by atoms with Crippen molar-refractivity contribution in [3.63, 3.8) is 0 Å². The lowest BCUT2D eigenvalue weighted by molar-refractivity contribution is -0.316. The van der Waals surface area contributed by atoms with Crippen LogP contribution in [0.2, 0.25) is 0 Å². The van der Waals surface area contributed by atoms with Gasteiger partial charge in [-0.1, -0.05) is 0 Å². The maximum absolute atomic E-state index is 11.6. The first-order valence-corrected chi connectivity index (χ1v) is 15.2. The van der Waals surface area contributed by atoms with Crippen molar-refractivity contribution in [1.29, 1.82) is 0 Å². The van der Waals surface area contributed by atoms with Crippen LogP contribution in [0.1, 0.15) is 25.7 Å². The number of rotatable bonds is 13. The number of hydrogen-bond donors (Lipinski definition) is 13. The molecule has 0 spiro atoms. The van der Waals surface area contributed by atoms with Gasteiger partial charge in [-0.25, -0.2) is 0 Å². The highest BCUT2D eigenvalue weighted by Gasteiger charge is 2.51. The first-order valence-electron chi connectivity index (χ1n) is 15.2. The first-order chi connectivity index (χ1) is 20.5. The summed E-state index contributed by atoms with van der Waals surface area (Å²) in [5, 5.41) is 69.4. The van der Waals surface area contributed by atoms with E-state index in [0.29, 0.717) is 18.9 Å². The average Bonchev–Trinajstić information content (AvgIpc) is 2.97. The molecule has 0 bridgehead atoms. The van der Waals surface area contributed by atoms with Gasteiger partial charge in [-0.15, -0.1) is 0 Å². The van der Waals surface area contributed by atoms with Gasteiger partial charge in [0, 0.05) is 37.8 Å². The molecular weight excluding hydrogens is 570 g/mol. The molecule has 4 aliphatic rings. The van der Waals surface area contributed by atoms with Gasteiger partial charge >= 0.3 is 0 Å². The van der Waals surface area contributed by atoms with Crippen LogP contribution in [0.4, 0.5) is 0 Å². The van der Waals surface area contributed by atoms with E-state index in [1.54, 1.807) is 0 Å². The minimum absolute atomic E-state index is 0.00464. The highest BCUT2D eigenvalue weighted by atomic mass is 16.7. The highest BCUT2D eigenvalue weighted by molar-refractivity contribution is 5.02. The van der Waals surface area contributed by atoms with Crippen LogP contribution < -0.4 is 39.3 Å². The molecule has 2 aliphatic carbocycles. The number of aliphatic hydroxyl groups is 6. The molecule has 43 heavy (non-hydrogen) atoms. The molecule has 2 saturated carbocycles. The predicted octanol–water partition coefficient (Wildman–Crippen LogP) is -6.98. The van der Waals surface area contributed by atoms with Gasteiger partial charge in [0.15, 0.2) is 12.6 Å². The Kier molecular flexibility index (Phi) is 12.9. The van der Waals surface area contributed by atoms with Gasteiger partial charge in [0.25, 0.3) is 0 Å². The Hall–Kier alpha value is -0.680. The predicted molar refractivity (Wildman–Crippen MR) is 152 cm³/mol. The van der Waals surface area contributed by atoms with Gasteiger partial charge < -0.3 is 88.9 Å². The number of nitrogens with one attached hydrogen (secondary N) is 2. The van der Waals surface area contributed by atoms with E-state index < -0.39 is 98.3 Å². The van der Waals surface area contributed by atoms with Crippen LogP contribution in [0.5, 0.6) is 0 Å². The average molecular weight is 624 g/mol. The lowest BCUT2D eigenvalue weighted by Crippen LogP contribution is -2.69. The zero-order valence-corrected chi connectivity index (χ0v) is 24.4. The zero-order valence-electron chi connectivity index (χ0n) is 24.4. The van der Waals surface area contributed by atoms with Crippen molar-refractivity contribution >= 4 is 0 Å². The van der Waals surface area contributed by atoms with E-state index in [4.69, 9.17) is 47.6 Å². The third-order valence-electron chi connectivity index (χ3n) is 9.16. The summed E-state index contributed by atoms with van der Waals surface area (Å²) < 4.78 is 24.1. The summed E-state index contributed by atoms with van der Waals surface area (Å²) >= 11 is 0. The summed E-state index contributed by atoms with van der Waals surface area (Å²) in [4.78, 5) is 0. The zero-order chi connectivity index (χ0) is 31.4. The van der Waals surface area contributed by atoms with E-state index in [1.807, 2.05) is 0 Å². The Labute approximate surface area is 251 Å². The lowest BCUT2D eigenvalue weighted by Gasteiger charge is -2.49. The second-order valence-corrected chi connectivity index (χ2v) is 12.5. The van der Waals surface area contributed by atoms with Crippen LogP contribution in [0, 0.1) is 5.92 Å². The maximum Gasteiger partial charge on any atom is 0.186 e. The molecule has 0 aromatic rings. The molecule has 15 atom stereocenters. The van der Waals surface area contributed by atoms with Crippen LogP contribution >= 0.6 is 0 Å². The van der Waals surface area contributed by atoms with Crippen molar-refractivity contribution in [2.24, 2.45) is 34.6 Å². The Bertz CT molecular complexity index is 848.